The molecule has 122 valence electrons. The smallest absolute Gasteiger partial charge is 0.355 e. The van der Waals surface area contributed by atoms with Crippen molar-refractivity contribution >= 4 is 17.8 Å². The van der Waals surface area contributed by atoms with Crippen molar-refractivity contribution in [3.8, 4) is 0 Å². The van der Waals surface area contributed by atoms with E-state index >= 15 is 0 Å². The van der Waals surface area contributed by atoms with Crippen LogP contribution >= 0.6 is 0 Å². The van der Waals surface area contributed by atoms with Gasteiger partial charge in [0, 0.05) is 19.8 Å². The molecule has 7 heteroatoms. The van der Waals surface area contributed by atoms with Gasteiger partial charge in [-0.1, -0.05) is 0 Å². The molecule has 0 unspecified atom stereocenters. The number of aryl methyl sites for hydroxylation is 1. The maximum atomic E-state index is 12.2. The summed E-state index contributed by atoms with van der Waals surface area (Å²) in [4.78, 5) is 40.0. The number of ether oxygens (including phenoxy) is 2. The molecule has 0 saturated heterocycles. The number of amides is 1. The zero-order valence-electron chi connectivity index (χ0n) is 13.8. The van der Waals surface area contributed by atoms with Crippen LogP contribution in [-0.4, -0.2) is 54.5 Å². The second-order valence-corrected chi connectivity index (χ2v) is 5.13. The molecule has 0 bridgehead atoms. The van der Waals surface area contributed by atoms with Crippen molar-refractivity contribution < 1.29 is 23.9 Å². The van der Waals surface area contributed by atoms with Crippen molar-refractivity contribution in [3.05, 3.63) is 22.5 Å². The molecule has 1 N–H and O–H groups in total. The number of esters is 2. The van der Waals surface area contributed by atoms with Crippen LogP contribution in [-0.2, 0) is 14.3 Å². The summed E-state index contributed by atoms with van der Waals surface area (Å²) >= 11 is 0. The number of likely N-dealkylation sites (N-methyl/N-ethyl adjacent to an activating group) is 1. The van der Waals surface area contributed by atoms with Gasteiger partial charge in [0.2, 0.25) is 0 Å². The van der Waals surface area contributed by atoms with Crippen molar-refractivity contribution in [2.24, 2.45) is 0 Å². The van der Waals surface area contributed by atoms with Crippen LogP contribution < -0.4 is 0 Å². The van der Waals surface area contributed by atoms with Crippen LogP contribution in [0.25, 0.3) is 0 Å². The van der Waals surface area contributed by atoms with Crippen molar-refractivity contribution in [2.45, 2.75) is 33.8 Å². The van der Waals surface area contributed by atoms with Gasteiger partial charge >= 0.3 is 11.9 Å². The lowest BCUT2D eigenvalue weighted by Gasteiger charge is -2.17. The van der Waals surface area contributed by atoms with Gasteiger partial charge in [0.15, 0.2) is 6.10 Å². The Hall–Kier alpha value is -2.31. The minimum atomic E-state index is -0.906. The van der Waals surface area contributed by atoms with Gasteiger partial charge in [0.25, 0.3) is 5.91 Å². The summed E-state index contributed by atoms with van der Waals surface area (Å²) in [6.07, 6.45) is -0.906. The first-order valence-corrected chi connectivity index (χ1v) is 6.99. The fraction of sp³-hybridized carbons (Fsp3) is 0.533. The van der Waals surface area contributed by atoms with E-state index in [-0.39, 0.29) is 18.2 Å². The molecule has 1 amide bonds. The molecule has 1 heterocycles. The fourth-order valence-corrected chi connectivity index (χ4v) is 2.10. The van der Waals surface area contributed by atoms with E-state index in [9.17, 15) is 14.4 Å². The van der Waals surface area contributed by atoms with E-state index in [2.05, 4.69) is 4.98 Å². The standard InChI is InChI=1S/C15H22N2O5/c1-7-21-14(19)11-8(2)12(16-9(11)3)15(20)22-10(4)13(18)17(5)6/h10,16H,7H2,1-6H3/t10-/m1/s1. The molecule has 1 aromatic heterocycles. The summed E-state index contributed by atoms with van der Waals surface area (Å²) in [5.41, 5.74) is 1.44. The molecule has 7 nitrogen and oxygen atoms in total. The lowest BCUT2D eigenvalue weighted by Crippen LogP contribution is -2.35. The van der Waals surface area contributed by atoms with E-state index in [0.717, 1.165) is 0 Å². The molecule has 0 fully saturated rings. The number of nitrogens with one attached hydrogen (secondary N) is 1. The number of aromatic amines is 1. The minimum Gasteiger partial charge on any atom is -0.462 e. The van der Waals surface area contributed by atoms with Gasteiger partial charge in [-0.25, -0.2) is 9.59 Å². The summed E-state index contributed by atoms with van der Waals surface area (Å²) in [7, 11) is 3.16. The number of rotatable bonds is 5. The number of aromatic nitrogens is 1. The van der Waals surface area contributed by atoms with Gasteiger partial charge in [-0.15, -0.1) is 0 Å². The second kappa shape index (κ2) is 7.11. The summed E-state index contributed by atoms with van der Waals surface area (Å²) in [6, 6.07) is 0. The van der Waals surface area contributed by atoms with E-state index in [0.29, 0.717) is 16.8 Å². The molecule has 0 radical (unpaired) electrons. The third-order valence-electron chi connectivity index (χ3n) is 3.19. The average molecular weight is 310 g/mol. The highest BCUT2D eigenvalue weighted by atomic mass is 16.5. The van der Waals surface area contributed by atoms with Crippen molar-refractivity contribution in [2.75, 3.05) is 20.7 Å². The van der Waals surface area contributed by atoms with Crippen molar-refractivity contribution in [1.82, 2.24) is 9.88 Å². The number of nitrogens with zero attached hydrogens (tertiary/aromatic N) is 1. The van der Waals surface area contributed by atoms with Crippen LogP contribution in [0.3, 0.4) is 0 Å². The Morgan fingerprint density at radius 3 is 2.27 bits per heavy atom. The van der Waals surface area contributed by atoms with E-state index in [1.807, 2.05) is 0 Å². The molecular formula is C15H22N2O5. The molecule has 0 aromatic carbocycles. The molecule has 0 aliphatic carbocycles. The monoisotopic (exact) mass is 310 g/mol. The third-order valence-corrected chi connectivity index (χ3v) is 3.19. The van der Waals surface area contributed by atoms with Crippen molar-refractivity contribution in [1.29, 1.82) is 0 Å². The van der Waals surface area contributed by atoms with Crippen LogP contribution in [0.4, 0.5) is 0 Å². The number of carbonyl (C=O) groups excluding carboxylic acids is 3. The Labute approximate surface area is 129 Å². The molecule has 1 aromatic rings. The van der Waals surface area contributed by atoms with Crippen LogP contribution in [0.5, 0.6) is 0 Å². The molecule has 0 aliphatic rings. The summed E-state index contributed by atoms with van der Waals surface area (Å²) in [6.45, 7) is 6.75. The van der Waals surface area contributed by atoms with E-state index in [4.69, 9.17) is 9.47 Å². The summed E-state index contributed by atoms with van der Waals surface area (Å²) in [5.74, 6) is -1.50. The zero-order valence-corrected chi connectivity index (χ0v) is 13.8. The zero-order chi connectivity index (χ0) is 17.0. The van der Waals surface area contributed by atoms with Crippen LogP contribution in [0, 0.1) is 13.8 Å². The van der Waals surface area contributed by atoms with E-state index in [1.54, 1.807) is 34.9 Å². The van der Waals surface area contributed by atoms with Gasteiger partial charge in [-0.05, 0) is 33.3 Å². The molecule has 22 heavy (non-hydrogen) atoms. The normalized spacial score (nSPS) is 11.7. The molecule has 0 aliphatic heterocycles. The highest BCUT2D eigenvalue weighted by molar-refractivity contribution is 5.99. The third kappa shape index (κ3) is 3.66. The summed E-state index contributed by atoms with van der Waals surface area (Å²) in [5, 5.41) is 0. The first kappa shape index (κ1) is 17.7. The lowest BCUT2D eigenvalue weighted by molar-refractivity contribution is -0.137. The Kier molecular flexibility index (Phi) is 5.73. The Bertz CT molecular complexity index is 589. The van der Waals surface area contributed by atoms with Gasteiger partial charge in [-0.3, -0.25) is 4.79 Å². The molecule has 0 spiro atoms. The van der Waals surface area contributed by atoms with Crippen LogP contribution in [0.15, 0.2) is 0 Å². The van der Waals surface area contributed by atoms with E-state index < -0.39 is 18.0 Å². The number of carbonyl (C=O) groups is 3. The molecule has 1 atom stereocenters. The fourth-order valence-electron chi connectivity index (χ4n) is 2.10. The molecular weight excluding hydrogens is 288 g/mol. The SMILES string of the molecule is CCOC(=O)c1c(C)[nH]c(C(=O)O[C@H](C)C(=O)N(C)C)c1C. The van der Waals surface area contributed by atoms with Gasteiger partial charge < -0.3 is 19.4 Å². The minimum absolute atomic E-state index is 0.152. The van der Waals surface area contributed by atoms with Gasteiger partial charge in [0.05, 0.1) is 12.2 Å². The predicted molar refractivity (Wildman–Crippen MR) is 79.8 cm³/mol. The number of hydrogen-bond acceptors (Lipinski definition) is 5. The Morgan fingerprint density at radius 2 is 1.77 bits per heavy atom. The van der Waals surface area contributed by atoms with E-state index in [1.165, 1.54) is 11.8 Å². The van der Waals surface area contributed by atoms with Crippen LogP contribution in [0.2, 0.25) is 0 Å². The topological polar surface area (TPSA) is 88.7 Å². The quantitative estimate of drug-likeness (QED) is 0.831. The highest BCUT2D eigenvalue weighted by Gasteiger charge is 2.26. The lowest BCUT2D eigenvalue weighted by atomic mass is 10.1. The molecule has 1 rings (SSSR count). The average Bonchev–Trinajstić information content (AvgIpc) is 2.73. The first-order valence-electron chi connectivity index (χ1n) is 6.99. The highest BCUT2D eigenvalue weighted by Crippen LogP contribution is 2.20. The number of H-pyrrole nitrogens is 1. The number of hydrogen-bond donors (Lipinski definition) is 1. The second-order valence-electron chi connectivity index (χ2n) is 5.13. The first-order chi connectivity index (χ1) is 10.2. The van der Waals surface area contributed by atoms with Gasteiger partial charge in [0.1, 0.15) is 5.69 Å². The maximum Gasteiger partial charge on any atom is 0.355 e. The van der Waals surface area contributed by atoms with Crippen LogP contribution in [0.1, 0.15) is 46.0 Å². The van der Waals surface area contributed by atoms with Gasteiger partial charge in [-0.2, -0.15) is 0 Å². The largest absolute Gasteiger partial charge is 0.462 e. The maximum absolute atomic E-state index is 12.2. The Morgan fingerprint density at radius 1 is 1.18 bits per heavy atom. The van der Waals surface area contributed by atoms with Crippen molar-refractivity contribution in [3.63, 3.8) is 0 Å². The Balaban J connectivity index is 2.99. The molecule has 0 saturated carbocycles. The predicted octanol–water partition coefficient (Wildman–Crippen LogP) is 1.44. The summed E-state index contributed by atoms with van der Waals surface area (Å²) < 4.78 is 10.1.